The second-order valence-corrected chi connectivity index (χ2v) is 9.30. The van der Waals surface area contributed by atoms with E-state index in [2.05, 4.69) is 68.4 Å². The molecule has 0 aliphatic carbocycles. The van der Waals surface area contributed by atoms with Crippen LogP contribution >= 0.6 is 0 Å². The molecule has 0 saturated heterocycles. The molecular formula is C30H28O2. The van der Waals surface area contributed by atoms with E-state index in [9.17, 15) is 4.79 Å². The summed E-state index contributed by atoms with van der Waals surface area (Å²) in [5.74, 6) is 0.183. The first-order chi connectivity index (χ1) is 15.4. The van der Waals surface area contributed by atoms with Gasteiger partial charge in [-0.15, -0.1) is 0 Å². The van der Waals surface area contributed by atoms with Crippen molar-refractivity contribution in [3.8, 4) is 0 Å². The Labute approximate surface area is 189 Å². The van der Waals surface area contributed by atoms with Gasteiger partial charge in [-0.3, -0.25) is 0 Å². The van der Waals surface area contributed by atoms with Crippen LogP contribution in [-0.2, 0) is 10.3 Å². The Morgan fingerprint density at radius 1 is 0.844 bits per heavy atom. The Bertz CT molecular complexity index is 1430. The molecule has 0 aliphatic rings. The summed E-state index contributed by atoms with van der Waals surface area (Å²) in [6.45, 7) is 8.34. The normalized spacial score (nSPS) is 13.1. The van der Waals surface area contributed by atoms with E-state index in [1.807, 2.05) is 38.1 Å². The molecule has 1 unspecified atom stereocenters. The molecule has 0 N–H and O–H groups in total. The number of carbonyl (C=O) groups excluding carboxylic acids is 1. The van der Waals surface area contributed by atoms with Crippen LogP contribution in [0.4, 0.5) is 0 Å². The molecule has 5 aromatic rings. The molecule has 5 aromatic carbocycles. The fourth-order valence-electron chi connectivity index (χ4n) is 4.79. The molecule has 0 fully saturated rings. The van der Waals surface area contributed by atoms with Crippen LogP contribution in [0.15, 0.2) is 78.9 Å². The predicted molar refractivity (Wildman–Crippen MR) is 134 cm³/mol. The van der Waals surface area contributed by atoms with Crippen molar-refractivity contribution in [3.05, 3.63) is 95.6 Å². The van der Waals surface area contributed by atoms with Gasteiger partial charge in [0, 0.05) is 5.56 Å². The van der Waals surface area contributed by atoms with Crippen LogP contribution in [0.25, 0.3) is 32.3 Å². The number of ether oxygens (including phenoxy) is 1. The highest BCUT2D eigenvalue weighted by atomic mass is 16.6. The van der Waals surface area contributed by atoms with Crippen LogP contribution in [0, 0.1) is 0 Å². The van der Waals surface area contributed by atoms with Gasteiger partial charge in [0.15, 0.2) is 0 Å². The summed E-state index contributed by atoms with van der Waals surface area (Å²) in [4.78, 5) is 13.1. The summed E-state index contributed by atoms with van der Waals surface area (Å²) < 4.78 is 6.12. The summed E-state index contributed by atoms with van der Waals surface area (Å²) in [6.07, 6.45) is 1.07. The molecule has 0 aliphatic heterocycles. The lowest BCUT2D eigenvalue weighted by Gasteiger charge is -2.28. The third kappa shape index (κ3) is 3.31. The number of hydrogen-bond acceptors (Lipinski definition) is 2. The zero-order valence-electron chi connectivity index (χ0n) is 19.1. The van der Waals surface area contributed by atoms with Gasteiger partial charge in [0.2, 0.25) is 0 Å². The van der Waals surface area contributed by atoms with Gasteiger partial charge in [-0.1, -0.05) is 74.5 Å². The highest BCUT2D eigenvalue weighted by molar-refractivity contribution is 6.23. The fourth-order valence-corrected chi connectivity index (χ4v) is 4.79. The van der Waals surface area contributed by atoms with E-state index in [1.54, 1.807) is 0 Å². The quantitative estimate of drug-likeness (QED) is 0.212. The Kier molecular flexibility index (Phi) is 4.89. The second-order valence-electron chi connectivity index (χ2n) is 9.30. The maximum absolute atomic E-state index is 13.1. The van der Waals surface area contributed by atoms with Crippen LogP contribution in [-0.4, -0.2) is 5.97 Å². The Morgan fingerprint density at radius 2 is 1.47 bits per heavy atom. The van der Waals surface area contributed by atoms with Gasteiger partial charge < -0.3 is 4.74 Å². The summed E-state index contributed by atoms with van der Waals surface area (Å²) in [6, 6.07) is 27.1. The highest BCUT2D eigenvalue weighted by Gasteiger charge is 2.29. The van der Waals surface area contributed by atoms with Crippen molar-refractivity contribution in [2.45, 2.75) is 45.6 Å². The van der Waals surface area contributed by atoms with Gasteiger partial charge in [-0.2, -0.15) is 0 Å². The predicted octanol–water partition coefficient (Wildman–Crippen LogP) is 8.19. The van der Waals surface area contributed by atoms with Crippen molar-refractivity contribution in [1.29, 1.82) is 0 Å². The van der Waals surface area contributed by atoms with E-state index in [4.69, 9.17) is 4.74 Å². The minimum Gasteiger partial charge on any atom is -0.451 e. The van der Waals surface area contributed by atoms with Crippen LogP contribution < -0.4 is 0 Å². The second kappa shape index (κ2) is 7.63. The van der Waals surface area contributed by atoms with Crippen molar-refractivity contribution in [2.75, 3.05) is 0 Å². The van der Waals surface area contributed by atoms with Gasteiger partial charge in [-0.05, 0) is 82.3 Å². The molecule has 0 amide bonds. The maximum atomic E-state index is 13.1. The van der Waals surface area contributed by atoms with Crippen LogP contribution in [0.1, 0.15) is 61.5 Å². The van der Waals surface area contributed by atoms with Gasteiger partial charge in [0.1, 0.15) is 5.60 Å². The first-order valence-corrected chi connectivity index (χ1v) is 11.4. The summed E-state index contributed by atoms with van der Waals surface area (Å²) in [5.41, 5.74) is 2.08. The number of hydrogen-bond donors (Lipinski definition) is 0. The number of carbonyl (C=O) groups is 1. The molecule has 0 saturated carbocycles. The van der Waals surface area contributed by atoms with Crippen molar-refractivity contribution in [1.82, 2.24) is 0 Å². The summed E-state index contributed by atoms with van der Waals surface area (Å²) in [5, 5.41) is 7.25. The van der Waals surface area contributed by atoms with Crippen molar-refractivity contribution in [2.24, 2.45) is 0 Å². The van der Waals surface area contributed by atoms with E-state index in [0.29, 0.717) is 11.5 Å². The average molecular weight is 421 g/mol. The minimum absolute atomic E-state index is 0.296. The Balaban J connectivity index is 1.57. The highest BCUT2D eigenvalue weighted by Crippen LogP contribution is 2.41. The molecule has 0 spiro atoms. The third-order valence-corrected chi connectivity index (χ3v) is 6.83. The zero-order valence-corrected chi connectivity index (χ0v) is 19.1. The number of rotatable bonds is 5. The summed E-state index contributed by atoms with van der Waals surface area (Å²) in [7, 11) is 0. The molecule has 5 rings (SSSR count). The Morgan fingerprint density at radius 3 is 2.16 bits per heavy atom. The fraction of sp³-hybridized carbons (Fsp3) is 0.233. The first-order valence-electron chi connectivity index (χ1n) is 11.4. The molecular weight excluding hydrogens is 392 g/mol. The maximum Gasteiger partial charge on any atom is 0.338 e. The van der Waals surface area contributed by atoms with Crippen molar-refractivity contribution < 1.29 is 9.53 Å². The summed E-state index contributed by atoms with van der Waals surface area (Å²) >= 11 is 0. The lowest BCUT2D eigenvalue weighted by Crippen LogP contribution is -2.26. The van der Waals surface area contributed by atoms with E-state index in [1.165, 1.54) is 32.5 Å². The molecule has 2 nitrogen and oxygen atoms in total. The van der Waals surface area contributed by atoms with Gasteiger partial charge in [-0.25, -0.2) is 4.79 Å². The lowest BCUT2D eigenvalue weighted by atomic mass is 9.86. The van der Waals surface area contributed by atoms with E-state index >= 15 is 0 Å². The lowest BCUT2D eigenvalue weighted by molar-refractivity contribution is -0.00244. The first kappa shape index (κ1) is 20.5. The standard InChI is InChI=1S/C30H28O2/c1-5-19(2)20-12-16-23(17-13-20)29(31)32-30(3,4)26-18-24-10-6-8-21-14-15-22-9-7-11-25(26)28(22)27(21)24/h6-19H,5H2,1-4H3. The topological polar surface area (TPSA) is 26.3 Å². The molecule has 1 atom stereocenters. The van der Waals surface area contributed by atoms with Crippen molar-refractivity contribution in [3.63, 3.8) is 0 Å². The smallest absolute Gasteiger partial charge is 0.338 e. The number of benzene rings is 5. The van der Waals surface area contributed by atoms with Crippen LogP contribution in [0.5, 0.6) is 0 Å². The zero-order chi connectivity index (χ0) is 22.5. The minimum atomic E-state index is -0.781. The SMILES string of the molecule is CCC(C)c1ccc(C(=O)OC(C)(C)c2cc3cccc4ccc5cccc2c5c43)cc1. The third-order valence-electron chi connectivity index (χ3n) is 6.83. The van der Waals surface area contributed by atoms with Crippen LogP contribution in [0.3, 0.4) is 0 Å². The average Bonchev–Trinajstić information content (AvgIpc) is 2.81. The number of esters is 1. The van der Waals surface area contributed by atoms with Gasteiger partial charge >= 0.3 is 5.97 Å². The molecule has 0 heterocycles. The molecule has 32 heavy (non-hydrogen) atoms. The van der Waals surface area contributed by atoms with E-state index in [-0.39, 0.29) is 5.97 Å². The molecule has 2 heteroatoms. The van der Waals surface area contributed by atoms with Crippen LogP contribution in [0.2, 0.25) is 0 Å². The van der Waals surface area contributed by atoms with E-state index < -0.39 is 5.60 Å². The molecule has 160 valence electrons. The molecule has 0 bridgehead atoms. The Hall–Kier alpha value is -3.39. The molecule has 0 aromatic heterocycles. The van der Waals surface area contributed by atoms with E-state index in [0.717, 1.165) is 17.4 Å². The molecule has 0 radical (unpaired) electrons. The van der Waals surface area contributed by atoms with Gasteiger partial charge in [0.05, 0.1) is 5.56 Å². The van der Waals surface area contributed by atoms with Gasteiger partial charge in [0.25, 0.3) is 0 Å². The van der Waals surface area contributed by atoms with Crippen molar-refractivity contribution >= 4 is 38.3 Å². The monoisotopic (exact) mass is 420 g/mol. The largest absolute Gasteiger partial charge is 0.451 e.